The fraction of sp³-hybridized carbons (Fsp3) is 0.714. The molecule has 1 amide bonds. The fourth-order valence-electron chi connectivity index (χ4n) is 3.38. The Balaban J connectivity index is 1.55. The van der Waals surface area contributed by atoms with Crippen LogP contribution < -0.4 is 11.1 Å². The number of nitrogens with zero attached hydrogens (tertiary/aromatic N) is 2. The van der Waals surface area contributed by atoms with Gasteiger partial charge in [0.25, 0.3) is 5.91 Å². The second kappa shape index (κ2) is 6.10. The van der Waals surface area contributed by atoms with Crippen molar-refractivity contribution < 1.29 is 4.79 Å². The van der Waals surface area contributed by atoms with Crippen molar-refractivity contribution in [2.45, 2.75) is 50.6 Å². The van der Waals surface area contributed by atoms with Gasteiger partial charge in [0.1, 0.15) is 5.69 Å². The van der Waals surface area contributed by atoms with Crippen LogP contribution in [0.4, 0.5) is 5.13 Å². The Morgan fingerprint density at radius 2 is 2.15 bits per heavy atom. The van der Waals surface area contributed by atoms with E-state index in [9.17, 15) is 4.79 Å². The van der Waals surface area contributed by atoms with Crippen LogP contribution in [0.15, 0.2) is 5.38 Å². The molecule has 0 radical (unpaired) electrons. The van der Waals surface area contributed by atoms with Gasteiger partial charge in [0.05, 0.1) is 0 Å². The minimum absolute atomic E-state index is 0.0868. The van der Waals surface area contributed by atoms with Crippen molar-refractivity contribution in [2.24, 2.45) is 0 Å². The molecule has 5 nitrogen and oxygen atoms in total. The molecule has 110 valence electrons. The molecule has 2 aliphatic rings. The van der Waals surface area contributed by atoms with Crippen LogP contribution in [0, 0.1) is 0 Å². The van der Waals surface area contributed by atoms with E-state index in [2.05, 4.69) is 15.2 Å². The van der Waals surface area contributed by atoms with Gasteiger partial charge in [-0.1, -0.05) is 12.8 Å². The molecule has 0 bridgehead atoms. The Morgan fingerprint density at radius 1 is 1.35 bits per heavy atom. The maximum atomic E-state index is 12.1. The SMILES string of the molecule is Nc1nc(C(=O)N[C@@H]2CCCN(C3CCCC3)C2)cs1. The first kappa shape index (κ1) is 13.8. The predicted molar refractivity (Wildman–Crippen MR) is 80.8 cm³/mol. The van der Waals surface area contributed by atoms with Crippen LogP contribution in [0.1, 0.15) is 49.0 Å². The topological polar surface area (TPSA) is 71.2 Å². The maximum absolute atomic E-state index is 12.1. The number of aromatic nitrogens is 1. The third kappa shape index (κ3) is 3.12. The van der Waals surface area contributed by atoms with Gasteiger partial charge < -0.3 is 11.1 Å². The lowest BCUT2D eigenvalue weighted by atomic mass is 10.0. The average Bonchev–Trinajstić information content (AvgIpc) is 3.10. The van der Waals surface area contributed by atoms with E-state index in [1.165, 1.54) is 50.0 Å². The van der Waals surface area contributed by atoms with Crippen LogP contribution in [0.2, 0.25) is 0 Å². The van der Waals surface area contributed by atoms with Crippen LogP contribution in [0.25, 0.3) is 0 Å². The predicted octanol–water partition coefficient (Wildman–Crippen LogP) is 1.86. The zero-order chi connectivity index (χ0) is 13.9. The highest BCUT2D eigenvalue weighted by molar-refractivity contribution is 7.13. The number of hydrogen-bond donors (Lipinski definition) is 2. The van der Waals surface area contributed by atoms with Crippen molar-refractivity contribution in [3.63, 3.8) is 0 Å². The van der Waals surface area contributed by atoms with Crippen molar-refractivity contribution in [3.05, 3.63) is 11.1 Å². The van der Waals surface area contributed by atoms with Crippen molar-refractivity contribution in [1.82, 2.24) is 15.2 Å². The Hall–Kier alpha value is -1.14. The van der Waals surface area contributed by atoms with Gasteiger partial charge in [-0.3, -0.25) is 9.69 Å². The second-order valence-corrected chi connectivity index (χ2v) is 6.71. The van der Waals surface area contributed by atoms with E-state index in [0.717, 1.165) is 19.0 Å². The number of carbonyl (C=O) groups excluding carboxylic acids is 1. The van der Waals surface area contributed by atoms with Gasteiger partial charge >= 0.3 is 0 Å². The van der Waals surface area contributed by atoms with Gasteiger partial charge in [0.15, 0.2) is 5.13 Å². The Kier molecular flexibility index (Phi) is 4.21. The van der Waals surface area contributed by atoms with E-state index in [1.807, 2.05) is 0 Å². The quantitative estimate of drug-likeness (QED) is 0.892. The van der Waals surface area contributed by atoms with Gasteiger partial charge in [-0.15, -0.1) is 11.3 Å². The van der Waals surface area contributed by atoms with E-state index in [4.69, 9.17) is 5.73 Å². The zero-order valence-corrected chi connectivity index (χ0v) is 12.5. The van der Waals surface area contributed by atoms with E-state index >= 15 is 0 Å². The molecular formula is C14H22N4OS. The minimum atomic E-state index is -0.0868. The zero-order valence-electron chi connectivity index (χ0n) is 11.7. The highest BCUT2D eigenvalue weighted by Crippen LogP contribution is 2.26. The Morgan fingerprint density at radius 3 is 2.85 bits per heavy atom. The summed E-state index contributed by atoms with van der Waals surface area (Å²) in [5.41, 5.74) is 6.02. The normalized spacial score (nSPS) is 24.9. The molecule has 20 heavy (non-hydrogen) atoms. The number of piperidine rings is 1. The van der Waals surface area contributed by atoms with Crippen molar-refractivity contribution >= 4 is 22.4 Å². The number of thiazole rings is 1. The van der Waals surface area contributed by atoms with E-state index < -0.39 is 0 Å². The molecule has 3 N–H and O–H groups in total. The number of carbonyl (C=O) groups is 1. The number of amides is 1. The van der Waals surface area contributed by atoms with Crippen molar-refractivity contribution in [1.29, 1.82) is 0 Å². The summed E-state index contributed by atoms with van der Waals surface area (Å²) >= 11 is 1.31. The summed E-state index contributed by atoms with van der Waals surface area (Å²) in [6.45, 7) is 2.16. The Labute approximate surface area is 123 Å². The summed E-state index contributed by atoms with van der Waals surface area (Å²) in [6, 6.07) is 0.990. The first-order valence-corrected chi connectivity index (χ1v) is 8.36. The van der Waals surface area contributed by atoms with Crippen LogP contribution >= 0.6 is 11.3 Å². The summed E-state index contributed by atoms with van der Waals surface area (Å²) < 4.78 is 0. The first-order valence-electron chi connectivity index (χ1n) is 7.48. The Bertz CT molecular complexity index is 469. The number of nitrogens with two attached hydrogens (primary N) is 1. The summed E-state index contributed by atoms with van der Waals surface area (Å²) in [6.07, 6.45) is 7.59. The molecule has 1 aliphatic heterocycles. The van der Waals surface area contributed by atoms with Crippen LogP contribution in [-0.4, -0.2) is 41.0 Å². The second-order valence-electron chi connectivity index (χ2n) is 5.82. The third-order valence-electron chi connectivity index (χ3n) is 4.38. The molecule has 1 atom stereocenters. The molecule has 2 heterocycles. The fourth-order valence-corrected chi connectivity index (χ4v) is 3.92. The molecule has 1 saturated carbocycles. The lowest BCUT2D eigenvalue weighted by Gasteiger charge is -2.37. The summed E-state index contributed by atoms with van der Waals surface area (Å²) in [5.74, 6) is -0.0868. The lowest BCUT2D eigenvalue weighted by molar-refractivity contribution is 0.0871. The minimum Gasteiger partial charge on any atom is -0.375 e. The number of anilines is 1. The van der Waals surface area contributed by atoms with Crippen molar-refractivity contribution in [2.75, 3.05) is 18.8 Å². The molecular weight excluding hydrogens is 272 g/mol. The monoisotopic (exact) mass is 294 g/mol. The largest absolute Gasteiger partial charge is 0.375 e. The molecule has 1 aromatic heterocycles. The van der Waals surface area contributed by atoms with E-state index in [1.54, 1.807) is 5.38 Å². The molecule has 2 fully saturated rings. The van der Waals surface area contributed by atoms with Crippen LogP contribution in [-0.2, 0) is 0 Å². The maximum Gasteiger partial charge on any atom is 0.271 e. The molecule has 0 spiro atoms. The standard InChI is InChI=1S/C14H22N4OS/c15-14-17-12(9-20-14)13(19)16-10-4-3-7-18(8-10)11-5-1-2-6-11/h9-11H,1-8H2,(H2,15,17)(H,16,19)/t10-/m1/s1. The van der Waals surface area contributed by atoms with E-state index in [0.29, 0.717) is 10.8 Å². The first-order chi connectivity index (χ1) is 9.72. The highest BCUT2D eigenvalue weighted by Gasteiger charge is 2.28. The average molecular weight is 294 g/mol. The molecule has 1 aromatic rings. The van der Waals surface area contributed by atoms with Crippen LogP contribution in [0.5, 0.6) is 0 Å². The summed E-state index contributed by atoms with van der Waals surface area (Å²) in [7, 11) is 0. The number of rotatable bonds is 3. The molecule has 1 saturated heterocycles. The van der Waals surface area contributed by atoms with Gasteiger partial charge in [-0.05, 0) is 32.2 Å². The van der Waals surface area contributed by atoms with Gasteiger partial charge in [0.2, 0.25) is 0 Å². The summed E-state index contributed by atoms with van der Waals surface area (Å²) in [4.78, 5) is 18.7. The third-order valence-corrected chi connectivity index (χ3v) is 5.06. The molecule has 1 aliphatic carbocycles. The highest BCUT2D eigenvalue weighted by atomic mass is 32.1. The number of nitrogen functional groups attached to an aromatic ring is 1. The van der Waals surface area contributed by atoms with Gasteiger partial charge in [0, 0.05) is 24.0 Å². The van der Waals surface area contributed by atoms with Crippen molar-refractivity contribution in [3.8, 4) is 0 Å². The molecule has 0 unspecified atom stereocenters. The molecule has 6 heteroatoms. The number of hydrogen-bond acceptors (Lipinski definition) is 5. The van der Waals surface area contributed by atoms with Crippen LogP contribution in [0.3, 0.4) is 0 Å². The summed E-state index contributed by atoms with van der Waals surface area (Å²) in [5, 5.41) is 5.28. The number of likely N-dealkylation sites (tertiary alicyclic amines) is 1. The number of nitrogens with one attached hydrogen (secondary N) is 1. The molecule has 0 aromatic carbocycles. The van der Waals surface area contributed by atoms with Gasteiger partial charge in [-0.25, -0.2) is 4.98 Å². The van der Waals surface area contributed by atoms with Gasteiger partial charge in [-0.2, -0.15) is 0 Å². The smallest absolute Gasteiger partial charge is 0.271 e. The molecule has 3 rings (SSSR count). The lowest BCUT2D eigenvalue weighted by Crippen LogP contribution is -2.50. The van der Waals surface area contributed by atoms with E-state index in [-0.39, 0.29) is 11.9 Å².